The first-order valence-corrected chi connectivity index (χ1v) is 4.60. The highest BCUT2D eigenvalue weighted by Crippen LogP contribution is 2.18. The van der Waals surface area contributed by atoms with E-state index in [1.807, 2.05) is 18.0 Å². The van der Waals surface area contributed by atoms with Gasteiger partial charge >= 0.3 is 0 Å². The maximum absolute atomic E-state index is 3.98. The van der Waals surface area contributed by atoms with E-state index in [1.165, 1.54) is 5.56 Å². The zero-order valence-corrected chi connectivity index (χ0v) is 8.36. The van der Waals surface area contributed by atoms with Crippen molar-refractivity contribution in [1.29, 1.82) is 0 Å². The summed E-state index contributed by atoms with van der Waals surface area (Å²) in [4.78, 5) is 0. The summed E-state index contributed by atoms with van der Waals surface area (Å²) in [7, 11) is 0. The summed E-state index contributed by atoms with van der Waals surface area (Å²) >= 11 is 0. The lowest BCUT2D eigenvalue weighted by molar-refractivity contribution is 0.719. The van der Waals surface area contributed by atoms with E-state index in [0.29, 0.717) is 0 Å². The Balaban J connectivity index is 2.27. The standard InChI is InChI=1S/C11H13N3/c1-9-3-5-11(6-4-9)14-10(2)7-8-12-13-14/h3-8,13H,1-2H3. The van der Waals surface area contributed by atoms with E-state index in [2.05, 4.69) is 41.8 Å². The lowest BCUT2D eigenvalue weighted by atomic mass is 10.2. The lowest BCUT2D eigenvalue weighted by Crippen LogP contribution is -2.34. The van der Waals surface area contributed by atoms with Crippen molar-refractivity contribution in [3.8, 4) is 0 Å². The summed E-state index contributed by atoms with van der Waals surface area (Å²) in [6.07, 6.45) is 3.72. The van der Waals surface area contributed by atoms with Crippen LogP contribution >= 0.6 is 0 Å². The van der Waals surface area contributed by atoms with Crippen LogP contribution in [0.4, 0.5) is 5.69 Å². The first-order chi connectivity index (χ1) is 6.77. The number of aryl methyl sites for hydroxylation is 1. The molecule has 0 amide bonds. The van der Waals surface area contributed by atoms with Crippen LogP contribution in [0.1, 0.15) is 12.5 Å². The van der Waals surface area contributed by atoms with Crippen LogP contribution in [0.25, 0.3) is 0 Å². The van der Waals surface area contributed by atoms with Gasteiger partial charge in [-0.15, -0.1) is 0 Å². The molecule has 0 saturated heterocycles. The highest BCUT2D eigenvalue weighted by molar-refractivity contribution is 5.75. The Hall–Kier alpha value is -1.77. The van der Waals surface area contributed by atoms with Crippen molar-refractivity contribution >= 4 is 11.9 Å². The fraction of sp³-hybridized carbons (Fsp3) is 0.182. The van der Waals surface area contributed by atoms with Gasteiger partial charge in [-0.3, -0.25) is 0 Å². The maximum Gasteiger partial charge on any atom is 0.0642 e. The van der Waals surface area contributed by atoms with Gasteiger partial charge in [-0.1, -0.05) is 17.7 Å². The van der Waals surface area contributed by atoms with Crippen LogP contribution in [0.2, 0.25) is 0 Å². The predicted molar refractivity (Wildman–Crippen MR) is 59.0 cm³/mol. The molecular formula is C11H13N3. The summed E-state index contributed by atoms with van der Waals surface area (Å²) in [5.74, 6) is 0. The number of allylic oxidation sites excluding steroid dienone is 2. The third-order valence-corrected chi connectivity index (χ3v) is 2.19. The highest BCUT2D eigenvalue weighted by atomic mass is 15.7. The molecule has 1 aliphatic heterocycles. The zero-order valence-electron chi connectivity index (χ0n) is 8.36. The van der Waals surface area contributed by atoms with Gasteiger partial charge in [0, 0.05) is 5.70 Å². The topological polar surface area (TPSA) is 27.6 Å². The molecule has 0 fully saturated rings. The number of rotatable bonds is 1. The molecule has 1 aliphatic rings. The number of hydrazone groups is 1. The zero-order chi connectivity index (χ0) is 9.97. The van der Waals surface area contributed by atoms with Crippen molar-refractivity contribution in [2.75, 3.05) is 5.01 Å². The van der Waals surface area contributed by atoms with Crippen LogP contribution < -0.4 is 10.5 Å². The number of hydrazine groups is 1. The largest absolute Gasteiger partial charge is 0.245 e. The molecule has 1 aromatic carbocycles. The number of hydrogen-bond acceptors (Lipinski definition) is 3. The molecule has 0 unspecified atom stereocenters. The molecular weight excluding hydrogens is 174 g/mol. The van der Waals surface area contributed by atoms with E-state index in [9.17, 15) is 0 Å². The van der Waals surface area contributed by atoms with Crippen LogP contribution in [-0.4, -0.2) is 6.21 Å². The minimum absolute atomic E-state index is 1.10. The number of benzene rings is 1. The van der Waals surface area contributed by atoms with E-state index in [1.54, 1.807) is 6.21 Å². The fourth-order valence-corrected chi connectivity index (χ4v) is 1.34. The van der Waals surface area contributed by atoms with Crippen LogP contribution in [-0.2, 0) is 0 Å². The predicted octanol–water partition coefficient (Wildman–Crippen LogP) is 2.21. The summed E-state index contributed by atoms with van der Waals surface area (Å²) < 4.78 is 0. The Morgan fingerprint density at radius 2 is 1.86 bits per heavy atom. The molecule has 0 aromatic heterocycles. The van der Waals surface area contributed by atoms with Gasteiger partial charge in [0.05, 0.1) is 11.9 Å². The quantitative estimate of drug-likeness (QED) is 0.730. The molecule has 3 heteroatoms. The van der Waals surface area contributed by atoms with E-state index in [4.69, 9.17) is 0 Å². The van der Waals surface area contributed by atoms with Crippen molar-refractivity contribution in [3.05, 3.63) is 41.6 Å². The average Bonchev–Trinajstić information content (AvgIpc) is 2.20. The Morgan fingerprint density at radius 1 is 1.14 bits per heavy atom. The minimum atomic E-state index is 1.10. The molecule has 0 bridgehead atoms. The maximum atomic E-state index is 3.98. The molecule has 1 N–H and O–H groups in total. The fourth-order valence-electron chi connectivity index (χ4n) is 1.34. The van der Waals surface area contributed by atoms with Gasteiger partial charge in [0.25, 0.3) is 0 Å². The summed E-state index contributed by atoms with van der Waals surface area (Å²) in [6.45, 7) is 4.12. The third kappa shape index (κ3) is 1.62. The highest BCUT2D eigenvalue weighted by Gasteiger charge is 2.08. The van der Waals surface area contributed by atoms with Gasteiger partial charge in [0.2, 0.25) is 0 Å². The molecule has 14 heavy (non-hydrogen) atoms. The van der Waals surface area contributed by atoms with Crippen LogP contribution in [0.15, 0.2) is 41.1 Å². The minimum Gasteiger partial charge on any atom is -0.245 e. The average molecular weight is 187 g/mol. The van der Waals surface area contributed by atoms with Crippen molar-refractivity contribution in [3.63, 3.8) is 0 Å². The van der Waals surface area contributed by atoms with Gasteiger partial charge < -0.3 is 0 Å². The summed E-state index contributed by atoms with van der Waals surface area (Å²) in [5.41, 5.74) is 6.43. The Labute approximate surface area is 83.7 Å². The molecule has 0 spiro atoms. The van der Waals surface area contributed by atoms with Crippen LogP contribution in [0.5, 0.6) is 0 Å². The van der Waals surface area contributed by atoms with Gasteiger partial charge in [0.1, 0.15) is 0 Å². The molecule has 0 radical (unpaired) electrons. The third-order valence-electron chi connectivity index (χ3n) is 2.19. The number of nitrogens with zero attached hydrogens (tertiary/aromatic N) is 2. The second-order valence-corrected chi connectivity index (χ2v) is 3.36. The van der Waals surface area contributed by atoms with Crippen molar-refractivity contribution in [2.45, 2.75) is 13.8 Å². The molecule has 0 aliphatic carbocycles. The smallest absolute Gasteiger partial charge is 0.0642 e. The normalized spacial score (nSPS) is 15.0. The first-order valence-electron chi connectivity index (χ1n) is 4.60. The summed E-state index contributed by atoms with van der Waals surface area (Å²) in [5, 5.41) is 5.93. The van der Waals surface area contributed by atoms with Gasteiger partial charge in [-0.05, 0) is 32.1 Å². The monoisotopic (exact) mass is 187 g/mol. The summed E-state index contributed by atoms with van der Waals surface area (Å²) in [6, 6.07) is 8.31. The van der Waals surface area contributed by atoms with Gasteiger partial charge in [0.15, 0.2) is 0 Å². The van der Waals surface area contributed by atoms with Crippen molar-refractivity contribution in [2.24, 2.45) is 5.10 Å². The Kier molecular flexibility index (Phi) is 2.23. The number of nitrogens with one attached hydrogen (secondary N) is 1. The number of anilines is 1. The molecule has 1 aromatic rings. The van der Waals surface area contributed by atoms with Crippen molar-refractivity contribution in [1.82, 2.24) is 5.53 Å². The van der Waals surface area contributed by atoms with E-state index in [0.717, 1.165) is 11.4 Å². The SMILES string of the molecule is CC1=CC=NNN1c1ccc(C)cc1. The van der Waals surface area contributed by atoms with Gasteiger partial charge in [-0.25, -0.2) is 10.5 Å². The van der Waals surface area contributed by atoms with Gasteiger partial charge in [-0.2, -0.15) is 5.10 Å². The van der Waals surface area contributed by atoms with E-state index < -0.39 is 0 Å². The molecule has 3 nitrogen and oxygen atoms in total. The van der Waals surface area contributed by atoms with Crippen LogP contribution in [0, 0.1) is 6.92 Å². The lowest BCUT2D eigenvalue weighted by Gasteiger charge is -2.25. The molecule has 72 valence electrons. The molecule has 1 heterocycles. The second-order valence-electron chi connectivity index (χ2n) is 3.36. The Morgan fingerprint density at radius 3 is 2.50 bits per heavy atom. The molecule has 2 rings (SSSR count). The Bertz CT molecular complexity index is 376. The first kappa shape index (κ1) is 8.81. The van der Waals surface area contributed by atoms with Crippen LogP contribution in [0.3, 0.4) is 0 Å². The second kappa shape index (κ2) is 3.54. The molecule has 0 saturated carbocycles. The van der Waals surface area contributed by atoms with E-state index in [-0.39, 0.29) is 0 Å². The molecule has 0 atom stereocenters. The number of hydrogen-bond donors (Lipinski definition) is 1. The van der Waals surface area contributed by atoms with E-state index >= 15 is 0 Å². The van der Waals surface area contributed by atoms with Crippen molar-refractivity contribution < 1.29 is 0 Å².